The van der Waals surface area contributed by atoms with Crippen molar-refractivity contribution in [2.75, 3.05) is 13.6 Å². The second-order valence-electron chi connectivity index (χ2n) is 3.54. The molecule has 1 heterocycles. The van der Waals surface area contributed by atoms with Gasteiger partial charge in [0.05, 0.1) is 0 Å². The summed E-state index contributed by atoms with van der Waals surface area (Å²) in [7, 11) is 1.88. The average molecular weight is 233 g/mol. The van der Waals surface area contributed by atoms with Crippen LogP contribution in [0.1, 0.15) is 11.8 Å². The first-order chi connectivity index (χ1) is 8.38. The molecule has 5 heteroatoms. The lowest BCUT2D eigenvalue weighted by Crippen LogP contribution is -2.10. The maximum atomic E-state index is 5.50. The van der Waals surface area contributed by atoms with E-state index in [0.29, 0.717) is 18.4 Å². The van der Waals surface area contributed by atoms with E-state index in [9.17, 15) is 0 Å². The van der Waals surface area contributed by atoms with Crippen LogP contribution in [-0.4, -0.2) is 23.8 Å². The number of nitrogens with one attached hydrogen (secondary N) is 1. The first-order valence-corrected chi connectivity index (χ1v) is 5.52. The number of para-hydroxylation sites is 1. The molecule has 0 atom stereocenters. The summed E-state index contributed by atoms with van der Waals surface area (Å²) >= 11 is 0. The van der Waals surface area contributed by atoms with Gasteiger partial charge in [-0.25, -0.2) is 0 Å². The van der Waals surface area contributed by atoms with Gasteiger partial charge in [-0.3, -0.25) is 0 Å². The van der Waals surface area contributed by atoms with Gasteiger partial charge in [0.15, 0.2) is 6.61 Å². The predicted molar refractivity (Wildman–Crippen MR) is 62.7 cm³/mol. The molecule has 17 heavy (non-hydrogen) atoms. The number of likely N-dealkylation sites (N-methyl/N-ethyl adjacent to an activating group) is 1. The van der Waals surface area contributed by atoms with Crippen molar-refractivity contribution in [2.45, 2.75) is 13.0 Å². The second-order valence-corrected chi connectivity index (χ2v) is 3.54. The lowest BCUT2D eigenvalue weighted by molar-refractivity contribution is 0.259. The van der Waals surface area contributed by atoms with Crippen LogP contribution >= 0.6 is 0 Å². The van der Waals surface area contributed by atoms with Crippen LogP contribution in [0.2, 0.25) is 0 Å². The molecule has 2 aromatic rings. The Labute approximate surface area is 99.8 Å². The molecule has 0 unspecified atom stereocenters. The van der Waals surface area contributed by atoms with Crippen LogP contribution in [0.5, 0.6) is 5.75 Å². The Morgan fingerprint density at radius 2 is 1.94 bits per heavy atom. The SMILES string of the molecule is CNCCc1nnc(COc2ccccc2)o1. The van der Waals surface area contributed by atoms with E-state index in [2.05, 4.69) is 15.5 Å². The minimum Gasteiger partial charge on any atom is -0.484 e. The van der Waals surface area contributed by atoms with E-state index in [0.717, 1.165) is 18.7 Å². The summed E-state index contributed by atoms with van der Waals surface area (Å²) in [6.45, 7) is 1.12. The second kappa shape index (κ2) is 6.00. The van der Waals surface area contributed by atoms with Gasteiger partial charge in [0, 0.05) is 13.0 Å². The molecule has 0 bridgehead atoms. The van der Waals surface area contributed by atoms with E-state index in [-0.39, 0.29) is 0 Å². The third kappa shape index (κ3) is 3.57. The molecule has 0 aliphatic heterocycles. The third-order valence-corrected chi connectivity index (χ3v) is 2.20. The van der Waals surface area contributed by atoms with Gasteiger partial charge in [-0.05, 0) is 19.2 Å². The number of aromatic nitrogens is 2. The fraction of sp³-hybridized carbons (Fsp3) is 0.333. The number of hydrogen-bond acceptors (Lipinski definition) is 5. The molecule has 0 aliphatic carbocycles. The van der Waals surface area contributed by atoms with Crippen LogP contribution in [0, 0.1) is 0 Å². The molecule has 90 valence electrons. The molecule has 1 N–H and O–H groups in total. The van der Waals surface area contributed by atoms with E-state index in [1.54, 1.807) is 0 Å². The molecular formula is C12H15N3O2. The van der Waals surface area contributed by atoms with E-state index in [1.165, 1.54) is 0 Å². The predicted octanol–water partition coefficient (Wildman–Crippen LogP) is 1.41. The molecule has 0 amide bonds. The van der Waals surface area contributed by atoms with E-state index in [4.69, 9.17) is 9.15 Å². The topological polar surface area (TPSA) is 60.2 Å². The van der Waals surface area contributed by atoms with Gasteiger partial charge in [0.1, 0.15) is 5.75 Å². The third-order valence-electron chi connectivity index (χ3n) is 2.20. The Hall–Kier alpha value is -1.88. The van der Waals surface area contributed by atoms with E-state index >= 15 is 0 Å². The van der Waals surface area contributed by atoms with E-state index in [1.807, 2.05) is 37.4 Å². The van der Waals surface area contributed by atoms with Crippen LogP contribution in [0.3, 0.4) is 0 Å². The largest absolute Gasteiger partial charge is 0.484 e. The lowest BCUT2D eigenvalue weighted by Gasteiger charge is -2.01. The summed E-state index contributed by atoms with van der Waals surface area (Å²) in [5.41, 5.74) is 0. The standard InChI is InChI=1S/C12H15N3O2/c1-13-8-7-11-14-15-12(17-11)9-16-10-5-3-2-4-6-10/h2-6,13H,7-9H2,1H3. The maximum absolute atomic E-state index is 5.50. The first-order valence-electron chi connectivity index (χ1n) is 5.52. The summed E-state index contributed by atoms with van der Waals surface area (Å²) in [5, 5.41) is 10.9. The van der Waals surface area contributed by atoms with Crippen LogP contribution < -0.4 is 10.1 Å². The fourth-order valence-corrected chi connectivity index (χ4v) is 1.34. The summed E-state index contributed by atoms with van der Waals surface area (Å²) in [4.78, 5) is 0. The lowest BCUT2D eigenvalue weighted by atomic mass is 10.3. The Balaban J connectivity index is 1.85. The highest BCUT2D eigenvalue weighted by molar-refractivity contribution is 5.20. The molecule has 0 spiro atoms. The number of nitrogens with zero attached hydrogens (tertiary/aromatic N) is 2. The van der Waals surface area contributed by atoms with Crippen molar-refractivity contribution < 1.29 is 9.15 Å². The zero-order valence-corrected chi connectivity index (χ0v) is 9.72. The Bertz CT molecular complexity index is 442. The van der Waals surface area contributed by atoms with Gasteiger partial charge in [-0.1, -0.05) is 18.2 Å². The van der Waals surface area contributed by atoms with Crippen LogP contribution in [0.25, 0.3) is 0 Å². The Morgan fingerprint density at radius 1 is 1.18 bits per heavy atom. The summed E-state index contributed by atoms with van der Waals surface area (Å²) in [5.74, 6) is 1.92. The fourth-order valence-electron chi connectivity index (χ4n) is 1.34. The first kappa shape index (κ1) is 11.6. The zero-order valence-electron chi connectivity index (χ0n) is 9.72. The van der Waals surface area contributed by atoms with Gasteiger partial charge in [-0.2, -0.15) is 0 Å². The van der Waals surface area contributed by atoms with Gasteiger partial charge in [0.25, 0.3) is 5.89 Å². The van der Waals surface area contributed by atoms with E-state index < -0.39 is 0 Å². The molecule has 0 fully saturated rings. The highest BCUT2D eigenvalue weighted by atomic mass is 16.5. The van der Waals surface area contributed by atoms with Gasteiger partial charge >= 0.3 is 0 Å². The molecular weight excluding hydrogens is 218 g/mol. The average Bonchev–Trinajstić information content (AvgIpc) is 2.83. The molecule has 2 rings (SSSR count). The van der Waals surface area contributed by atoms with Crippen LogP contribution in [0.4, 0.5) is 0 Å². The quantitative estimate of drug-likeness (QED) is 0.817. The minimum absolute atomic E-state index is 0.302. The monoisotopic (exact) mass is 233 g/mol. The van der Waals surface area contributed by atoms with Crippen molar-refractivity contribution in [1.29, 1.82) is 0 Å². The Kier molecular flexibility index (Phi) is 4.10. The summed E-state index contributed by atoms with van der Waals surface area (Å²) in [6.07, 6.45) is 0.731. The van der Waals surface area contributed by atoms with Crippen molar-refractivity contribution in [1.82, 2.24) is 15.5 Å². The van der Waals surface area contributed by atoms with Crippen molar-refractivity contribution in [3.05, 3.63) is 42.1 Å². The van der Waals surface area contributed by atoms with Gasteiger partial charge in [0.2, 0.25) is 5.89 Å². The van der Waals surface area contributed by atoms with Gasteiger partial charge in [-0.15, -0.1) is 10.2 Å². The van der Waals surface area contributed by atoms with Crippen molar-refractivity contribution in [3.8, 4) is 5.75 Å². The highest BCUT2D eigenvalue weighted by Crippen LogP contribution is 2.11. The zero-order chi connectivity index (χ0) is 11.9. The van der Waals surface area contributed by atoms with Crippen LogP contribution in [0.15, 0.2) is 34.7 Å². The molecule has 1 aromatic carbocycles. The summed E-state index contributed by atoms with van der Waals surface area (Å²) < 4.78 is 10.9. The molecule has 0 saturated carbocycles. The highest BCUT2D eigenvalue weighted by Gasteiger charge is 2.05. The van der Waals surface area contributed by atoms with Crippen molar-refractivity contribution >= 4 is 0 Å². The van der Waals surface area contributed by atoms with Crippen LogP contribution in [-0.2, 0) is 13.0 Å². The smallest absolute Gasteiger partial charge is 0.253 e. The Morgan fingerprint density at radius 3 is 2.71 bits per heavy atom. The number of benzene rings is 1. The van der Waals surface area contributed by atoms with Gasteiger partial charge < -0.3 is 14.5 Å². The minimum atomic E-state index is 0.302. The number of ether oxygens (including phenoxy) is 1. The molecule has 1 aromatic heterocycles. The molecule has 0 radical (unpaired) electrons. The van der Waals surface area contributed by atoms with Crippen molar-refractivity contribution in [3.63, 3.8) is 0 Å². The van der Waals surface area contributed by atoms with Crippen molar-refractivity contribution in [2.24, 2.45) is 0 Å². The normalized spacial score (nSPS) is 10.4. The molecule has 0 aliphatic rings. The molecule has 5 nitrogen and oxygen atoms in total. The number of hydrogen-bond donors (Lipinski definition) is 1. The number of rotatable bonds is 6. The summed E-state index contributed by atoms with van der Waals surface area (Å²) in [6, 6.07) is 9.55. The molecule has 0 saturated heterocycles. The maximum Gasteiger partial charge on any atom is 0.253 e.